The molecule has 0 aromatic rings. The van der Waals surface area contributed by atoms with Crippen molar-refractivity contribution < 1.29 is 4.79 Å². The summed E-state index contributed by atoms with van der Waals surface area (Å²) >= 11 is 0. The number of carbonyl (C=O) groups excluding carboxylic acids is 1. The largest absolute Gasteiger partial charge is 0.299 e. The van der Waals surface area contributed by atoms with E-state index in [1.165, 1.54) is 64.2 Å². The van der Waals surface area contributed by atoms with Crippen molar-refractivity contribution in [3.05, 3.63) is 11.6 Å². The van der Waals surface area contributed by atoms with Gasteiger partial charge in [-0.2, -0.15) is 0 Å². The van der Waals surface area contributed by atoms with Gasteiger partial charge < -0.3 is 0 Å². The lowest BCUT2D eigenvalue weighted by atomic mass is 9.43. The van der Waals surface area contributed by atoms with Crippen LogP contribution < -0.4 is 0 Å². The van der Waals surface area contributed by atoms with Crippen molar-refractivity contribution in [2.24, 2.45) is 51.8 Å². The van der Waals surface area contributed by atoms with Gasteiger partial charge in [-0.1, -0.05) is 78.4 Å². The molecule has 0 saturated heterocycles. The summed E-state index contributed by atoms with van der Waals surface area (Å²) in [4.78, 5) is 13.2. The minimum atomic E-state index is -0.0398. The van der Waals surface area contributed by atoms with E-state index < -0.39 is 0 Å². The van der Waals surface area contributed by atoms with E-state index in [2.05, 4.69) is 40.7 Å². The Hall–Kier alpha value is -0.590. The van der Waals surface area contributed by atoms with Crippen molar-refractivity contribution in [3.8, 4) is 0 Å². The highest BCUT2D eigenvalue weighted by Crippen LogP contribution is 2.70. The molecule has 0 amide bonds. The second-order valence-corrected chi connectivity index (χ2v) is 13.9. The number of fused-ring (bicyclic) bond motifs is 6. The fraction of sp³-hybridized carbons (Fsp3) is 0.903. The van der Waals surface area contributed by atoms with Crippen molar-refractivity contribution in [2.45, 2.75) is 125 Å². The molecule has 1 heteroatoms. The number of ketones is 1. The molecule has 1 nitrogen and oxygen atoms in total. The standard InChI is InChI=1S/C31H50O/c1-21(2)9-8-10-22(3)24-12-13-25-23-11-14-27-30(5,26(23)15-19-29(24,25)4)20-16-28(32)31(27)17-6-7-18-31/h14,21-26H,6-13,15-20H2,1-5H3/t22-,23+,24-,25+,26+,29-,30-/m1/s1. The molecular formula is C31H50O. The van der Waals surface area contributed by atoms with Crippen molar-refractivity contribution in [1.82, 2.24) is 0 Å². The Morgan fingerprint density at radius 1 is 0.938 bits per heavy atom. The molecule has 7 atom stereocenters. The van der Waals surface area contributed by atoms with Crippen LogP contribution in [0.3, 0.4) is 0 Å². The molecule has 0 radical (unpaired) electrons. The summed E-state index contributed by atoms with van der Waals surface area (Å²) in [6.07, 6.45) is 20.8. The molecule has 0 bridgehead atoms. The van der Waals surface area contributed by atoms with E-state index in [0.29, 0.717) is 16.6 Å². The third-order valence-corrected chi connectivity index (χ3v) is 12.0. The average molecular weight is 439 g/mol. The Morgan fingerprint density at radius 2 is 1.69 bits per heavy atom. The van der Waals surface area contributed by atoms with Gasteiger partial charge in [-0.3, -0.25) is 4.79 Å². The minimum Gasteiger partial charge on any atom is -0.299 e. The smallest absolute Gasteiger partial charge is 0.143 e. The van der Waals surface area contributed by atoms with Gasteiger partial charge in [-0.25, -0.2) is 0 Å². The maximum absolute atomic E-state index is 13.2. The lowest BCUT2D eigenvalue weighted by molar-refractivity contribution is -0.133. The molecule has 0 aliphatic heterocycles. The quantitative estimate of drug-likeness (QED) is 0.392. The first kappa shape index (κ1) is 23.2. The third kappa shape index (κ3) is 3.33. The highest BCUT2D eigenvalue weighted by Gasteiger charge is 2.62. The SMILES string of the molecule is CC(C)CCC[C@@H](C)[C@H]1CC[C@H]2[C@@H]3CC=C4C5(CCCC5)C(=O)CC[C@]4(C)[C@H]3CC[C@]12C. The molecule has 5 aliphatic rings. The third-order valence-electron chi connectivity index (χ3n) is 12.0. The van der Waals surface area contributed by atoms with Crippen molar-refractivity contribution in [2.75, 3.05) is 0 Å². The Morgan fingerprint density at radius 3 is 2.41 bits per heavy atom. The molecule has 0 aromatic heterocycles. The fourth-order valence-electron chi connectivity index (χ4n) is 10.5. The van der Waals surface area contributed by atoms with Crippen molar-refractivity contribution in [3.63, 3.8) is 0 Å². The molecule has 5 rings (SSSR count). The summed E-state index contributed by atoms with van der Waals surface area (Å²) in [7, 11) is 0. The second-order valence-electron chi connectivity index (χ2n) is 13.9. The van der Waals surface area contributed by atoms with Crippen LogP contribution in [0.4, 0.5) is 0 Å². The summed E-state index contributed by atoms with van der Waals surface area (Å²) < 4.78 is 0. The molecule has 0 heterocycles. The highest BCUT2D eigenvalue weighted by molar-refractivity contribution is 5.90. The van der Waals surface area contributed by atoms with Gasteiger partial charge >= 0.3 is 0 Å². The van der Waals surface area contributed by atoms with Crippen LogP contribution in [0.15, 0.2) is 11.6 Å². The Kier molecular flexibility index (Phi) is 5.98. The van der Waals surface area contributed by atoms with Gasteiger partial charge in [0.25, 0.3) is 0 Å². The first-order valence-corrected chi connectivity index (χ1v) is 14.5. The number of carbonyl (C=O) groups is 1. The van der Waals surface area contributed by atoms with E-state index in [0.717, 1.165) is 61.2 Å². The lowest BCUT2D eigenvalue weighted by Crippen LogP contribution is -2.54. The van der Waals surface area contributed by atoms with Crippen LogP contribution in [0.5, 0.6) is 0 Å². The van der Waals surface area contributed by atoms with E-state index >= 15 is 0 Å². The van der Waals surface area contributed by atoms with Gasteiger partial charge in [0.2, 0.25) is 0 Å². The van der Waals surface area contributed by atoms with Crippen LogP contribution in [-0.4, -0.2) is 5.78 Å². The predicted molar refractivity (Wildman–Crippen MR) is 134 cm³/mol. The molecule has 32 heavy (non-hydrogen) atoms. The number of rotatable bonds is 5. The van der Waals surface area contributed by atoms with Crippen LogP contribution >= 0.6 is 0 Å². The maximum atomic E-state index is 13.2. The zero-order chi connectivity index (χ0) is 22.7. The van der Waals surface area contributed by atoms with Gasteiger partial charge in [0.1, 0.15) is 5.78 Å². The highest BCUT2D eigenvalue weighted by atomic mass is 16.1. The van der Waals surface area contributed by atoms with Gasteiger partial charge in [-0.15, -0.1) is 0 Å². The second kappa shape index (κ2) is 8.27. The number of hydrogen-bond donors (Lipinski definition) is 0. The monoisotopic (exact) mass is 438 g/mol. The van der Waals surface area contributed by atoms with Gasteiger partial charge in [0, 0.05) is 6.42 Å². The van der Waals surface area contributed by atoms with E-state index in [4.69, 9.17) is 0 Å². The van der Waals surface area contributed by atoms with E-state index in [1.807, 2.05) is 0 Å². The van der Waals surface area contributed by atoms with Crippen LogP contribution in [-0.2, 0) is 4.79 Å². The molecule has 0 N–H and O–H groups in total. The summed E-state index contributed by atoms with van der Waals surface area (Å²) in [6.45, 7) is 12.6. The van der Waals surface area contributed by atoms with Crippen LogP contribution in [0, 0.1) is 51.8 Å². The molecular weight excluding hydrogens is 388 g/mol. The van der Waals surface area contributed by atoms with Gasteiger partial charge in [0.05, 0.1) is 5.41 Å². The number of hydrogen-bond acceptors (Lipinski definition) is 1. The van der Waals surface area contributed by atoms with Gasteiger partial charge in [-0.05, 0) is 97.7 Å². The van der Waals surface area contributed by atoms with E-state index in [-0.39, 0.29) is 5.41 Å². The molecule has 4 fully saturated rings. The van der Waals surface area contributed by atoms with E-state index in [1.54, 1.807) is 5.57 Å². The predicted octanol–water partition coefficient (Wildman–Crippen LogP) is 8.77. The molecule has 5 aliphatic carbocycles. The fourth-order valence-corrected chi connectivity index (χ4v) is 10.5. The minimum absolute atomic E-state index is 0.0398. The zero-order valence-electron chi connectivity index (χ0n) is 21.8. The first-order valence-electron chi connectivity index (χ1n) is 14.5. The summed E-state index contributed by atoms with van der Waals surface area (Å²) in [6, 6.07) is 0. The first-order chi connectivity index (χ1) is 15.2. The number of Topliss-reactive ketones (excluding diaryl/α,β-unsaturated/α-hetero) is 1. The molecule has 180 valence electrons. The number of allylic oxidation sites excluding steroid dienone is 2. The van der Waals surface area contributed by atoms with Crippen LogP contribution in [0.1, 0.15) is 125 Å². The average Bonchev–Trinajstić information content (AvgIpc) is 3.36. The molecule has 4 saturated carbocycles. The van der Waals surface area contributed by atoms with Crippen molar-refractivity contribution in [1.29, 1.82) is 0 Å². The lowest BCUT2D eigenvalue weighted by Gasteiger charge is -2.60. The summed E-state index contributed by atoms with van der Waals surface area (Å²) in [5, 5.41) is 0. The molecule has 0 aromatic carbocycles. The molecule has 0 unspecified atom stereocenters. The van der Waals surface area contributed by atoms with Crippen molar-refractivity contribution >= 4 is 5.78 Å². The van der Waals surface area contributed by atoms with E-state index in [9.17, 15) is 4.79 Å². The van der Waals surface area contributed by atoms with Crippen LogP contribution in [0.25, 0.3) is 0 Å². The Bertz CT molecular complexity index is 754. The maximum Gasteiger partial charge on any atom is 0.143 e. The summed E-state index contributed by atoms with van der Waals surface area (Å²) in [5.41, 5.74) is 2.47. The topological polar surface area (TPSA) is 17.1 Å². The Labute approximate surface area is 198 Å². The summed E-state index contributed by atoms with van der Waals surface area (Å²) in [5.74, 6) is 5.91. The zero-order valence-corrected chi connectivity index (χ0v) is 21.8. The molecule has 1 spiro atoms. The van der Waals surface area contributed by atoms with Crippen LogP contribution in [0.2, 0.25) is 0 Å². The van der Waals surface area contributed by atoms with Gasteiger partial charge in [0.15, 0.2) is 0 Å². The Balaban J connectivity index is 1.38. The normalized spacial score (nSPS) is 43.7.